The maximum atomic E-state index is 12.0. The maximum absolute atomic E-state index is 12.0. The van der Waals surface area contributed by atoms with Gasteiger partial charge in [0.2, 0.25) is 0 Å². The first-order chi connectivity index (χ1) is 8.34. The molecule has 1 heterocycles. The van der Waals surface area contributed by atoms with Crippen LogP contribution in [-0.2, 0) is 15.0 Å². The molecular formula is C14H10BO2. The van der Waals surface area contributed by atoms with Gasteiger partial charge in [-0.2, -0.15) is 0 Å². The summed E-state index contributed by atoms with van der Waals surface area (Å²) >= 11 is 0. The SMILES string of the molecule is O=C1[B]OC1(c1ccccc1)c1ccccc1. The Morgan fingerprint density at radius 2 is 1.29 bits per heavy atom. The third-order valence-corrected chi connectivity index (χ3v) is 3.05. The number of hydrogen-bond donors (Lipinski definition) is 0. The lowest BCUT2D eigenvalue weighted by Crippen LogP contribution is -2.54. The van der Waals surface area contributed by atoms with Crippen LogP contribution >= 0.6 is 0 Å². The van der Waals surface area contributed by atoms with Gasteiger partial charge in [0.25, 0.3) is 0 Å². The van der Waals surface area contributed by atoms with Crippen molar-refractivity contribution in [3.63, 3.8) is 0 Å². The van der Waals surface area contributed by atoms with E-state index in [2.05, 4.69) is 0 Å². The lowest BCUT2D eigenvalue weighted by atomic mass is 9.64. The third-order valence-electron chi connectivity index (χ3n) is 3.05. The zero-order valence-corrected chi connectivity index (χ0v) is 9.17. The van der Waals surface area contributed by atoms with Crippen LogP contribution in [-0.4, -0.2) is 13.2 Å². The van der Waals surface area contributed by atoms with Crippen LogP contribution in [0.2, 0.25) is 0 Å². The Bertz CT molecular complexity index is 497. The lowest BCUT2D eigenvalue weighted by molar-refractivity contribution is -0.133. The Hall–Kier alpha value is -1.87. The van der Waals surface area contributed by atoms with Crippen LogP contribution in [0.25, 0.3) is 0 Å². The van der Waals surface area contributed by atoms with Crippen molar-refractivity contribution in [3.8, 4) is 0 Å². The first-order valence-corrected chi connectivity index (χ1v) is 5.50. The maximum Gasteiger partial charge on any atom is 0.382 e. The molecule has 1 radical (unpaired) electrons. The summed E-state index contributed by atoms with van der Waals surface area (Å²) < 4.78 is 5.53. The molecule has 2 aromatic rings. The van der Waals surface area contributed by atoms with Crippen LogP contribution in [0.15, 0.2) is 60.7 Å². The molecule has 0 spiro atoms. The monoisotopic (exact) mass is 221 g/mol. The highest BCUT2D eigenvalue weighted by atomic mass is 16.5. The molecule has 3 rings (SSSR count). The molecule has 1 aliphatic rings. The smallest absolute Gasteiger partial charge is 0.382 e. The molecule has 2 aromatic carbocycles. The van der Waals surface area contributed by atoms with Crippen LogP contribution in [0.3, 0.4) is 0 Å². The van der Waals surface area contributed by atoms with Crippen molar-refractivity contribution in [1.29, 1.82) is 0 Å². The first kappa shape index (κ1) is 10.3. The molecule has 0 saturated carbocycles. The minimum absolute atomic E-state index is 0.00472. The summed E-state index contributed by atoms with van der Waals surface area (Å²) in [7, 11) is 1.28. The normalized spacial score (nSPS) is 17.1. The van der Waals surface area contributed by atoms with E-state index >= 15 is 0 Å². The zero-order valence-electron chi connectivity index (χ0n) is 9.17. The van der Waals surface area contributed by atoms with Gasteiger partial charge in [0.05, 0.1) is 0 Å². The molecule has 0 unspecified atom stereocenters. The predicted octanol–water partition coefficient (Wildman–Crippen LogP) is 2.11. The second-order valence-corrected chi connectivity index (χ2v) is 4.01. The molecule has 0 aliphatic carbocycles. The summed E-state index contributed by atoms with van der Waals surface area (Å²) in [5.74, 6) is 0. The van der Waals surface area contributed by atoms with Gasteiger partial charge in [0.15, 0.2) is 11.3 Å². The van der Waals surface area contributed by atoms with Gasteiger partial charge in [-0.3, -0.25) is 0 Å². The Balaban J connectivity index is 2.16. The van der Waals surface area contributed by atoms with Gasteiger partial charge >= 0.3 is 7.48 Å². The third kappa shape index (κ3) is 1.43. The molecule has 1 saturated heterocycles. The summed E-state index contributed by atoms with van der Waals surface area (Å²) in [5.41, 5.74) is 0.815. The standard InChI is InChI=1S/C14H10BO2/c16-13-14(17-15-13,11-7-3-1-4-8-11)12-9-5-2-6-10-12/h1-10H. The number of hydrogen-bond acceptors (Lipinski definition) is 2. The largest absolute Gasteiger partial charge is 0.413 e. The topological polar surface area (TPSA) is 26.3 Å². The molecule has 0 aromatic heterocycles. The van der Waals surface area contributed by atoms with Gasteiger partial charge in [-0.25, -0.2) is 0 Å². The molecule has 0 atom stereocenters. The Labute approximate surface area is 101 Å². The van der Waals surface area contributed by atoms with E-state index in [1.54, 1.807) is 0 Å². The molecule has 0 N–H and O–H groups in total. The Kier molecular flexibility index (Phi) is 2.34. The number of carbonyl (C=O) groups is 1. The second-order valence-electron chi connectivity index (χ2n) is 4.01. The fraction of sp³-hybridized carbons (Fsp3) is 0.0714. The van der Waals surface area contributed by atoms with E-state index in [1.165, 1.54) is 7.48 Å². The van der Waals surface area contributed by atoms with Crippen LogP contribution < -0.4 is 0 Å². The lowest BCUT2D eigenvalue weighted by Gasteiger charge is -2.40. The highest BCUT2D eigenvalue weighted by Crippen LogP contribution is 2.39. The fourth-order valence-corrected chi connectivity index (χ4v) is 2.16. The minimum atomic E-state index is -0.928. The van der Waals surface area contributed by atoms with Gasteiger partial charge in [0, 0.05) is 0 Å². The molecule has 1 fully saturated rings. The predicted molar refractivity (Wildman–Crippen MR) is 65.5 cm³/mol. The van der Waals surface area contributed by atoms with E-state index in [0.717, 1.165) is 11.1 Å². The van der Waals surface area contributed by atoms with E-state index in [1.807, 2.05) is 60.7 Å². The Morgan fingerprint density at radius 3 is 1.59 bits per heavy atom. The van der Waals surface area contributed by atoms with Crippen molar-refractivity contribution >= 4 is 13.2 Å². The molecule has 0 amide bonds. The first-order valence-electron chi connectivity index (χ1n) is 5.50. The highest BCUT2D eigenvalue weighted by molar-refractivity contribution is 6.75. The molecule has 17 heavy (non-hydrogen) atoms. The fourth-order valence-electron chi connectivity index (χ4n) is 2.16. The zero-order chi connectivity index (χ0) is 11.7. The summed E-state index contributed by atoms with van der Waals surface area (Å²) in [6.45, 7) is 0. The molecule has 2 nitrogen and oxygen atoms in total. The van der Waals surface area contributed by atoms with Crippen molar-refractivity contribution in [2.24, 2.45) is 0 Å². The number of carbonyl (C=O) groups excluding carboxylic acids is 1. The summed E-state index contributed by atoms with van der Waals surface area (Å²) in [6, 6.07) is 19.2. The minimum Gasteiger partial charge on any atom is -0.413 e. The summed E-state index contributed by atoms with van der Waals surface area (Å²) in [6.07, 6.45) is 0. The van der Waals surface area contributed by atoms with E-state index in [-0.39, 0.29) is 5.68 Å². The van der Waals surface area contributed by atoms with Crippen molar-refractivity contribution in [2.75, 3.05) is 0 Å². The summed E-state index contributed by atoms with van der Waals surface area (Å²) in [4.78, 5) is 12.0. The van der Waals surface area contributed by atoms with Gasteiger partial charge in [-0.05, 0) is 11.1 Å². The highest BCUT2D eigenvalue weighted by Gasteiger charge is 2.51. The average Bonchev–Trinajstić information content (AvgIpc) is 2.40. The van der Waals surface area contributed by atoms with Crippen molar-refractivity contribution in [3.05, 3.63) is 71.8 Å². The van der Waals surface area contributed by atoms with E-state index in [0.29, 0.717) is 0 Å². The molecule has 0 bridgehead atoms. The molecule has 3 heteroatoms. The second kappa shape index (κ2) is 3.86. The number of benzene rings is 2. The van der Waals surface area contributed by atoms with Crippen LogP contribution in [0.1, 0.15) is 11.1 Å². The van der Waals surface area contributed by atoms with Gasteiger partial charge < -0.3 is 9.45 Å². The quantitative estimate of drug-likeness (QED) is 0.726. The molecule has 81 valence electrons. The van der Waals surface area contributed by atoms with E-state index in [9.17, 15) is 4.79 Å². The van der Waals surface area contributed by atoms with Gasteiger partial charge in [0.1, 0.15) is 0 Å². The van der Waals surface area contributed by atoms with Crippen molar-refractivity contribution < 1.29 is 9.45 Å². The van der Waals surface area contributed by atoms with Crippen molar-refractivity contribution in [2.45, 2.75) is 5.60 Å². The van der Waals surface area contributed by atoms with Gasteiger partial charge in [-0.15, -0.1) is 0 Å². The van der Waals surface area contributed by atoms with Gasteiger partial charge in [-0.1, -0.05) is 60.7 Å². The van der Waals surface area contributed by atoms with Crippen LogP contribution in [0.5, 0.6) is 0 Å². The summed E-state index contributed by atoms with van der Waals surface area (Å²) in [5, 5.41) is 0. The van der Waals surface area contributed by atoms with Crippen LogP contribution in [0, 0.1) is 0 Å². The Morgan fingerprint density at radius 1 is 0.824 bits per heavy atom. The van der Waals surface area contributed by atoms with E-state index in [4.69, 9.17) is 4.65 Å². The van der Waals surface area contributed by atoms with E-state index < -0.39 is 5.60 Å². The number of rotatable bonds is 2. The van der Waals surface area contributed by atoms with Crippen molar-refractivity contribution in [1.82, 2.24) is 0 Å². The van der Waals surface area contributed by atoms with Crippen LogP contribution in [0.4, 0.5) is 0 Å². The molecule has 1 aliphatic heterocycles. The average molecular weight is 221 g/mol. The molecular weight excluding hydrogens is 211 g/mol.